The lowest BCUT2D eigenvalue weighted by atomic mass is 10.1. The summed E-state index contributed by atoms with van der Waals surface area (Å²) in [6, 6.07) is 8.02. The fourth-order valence-electron chi connectivity index (χ4n) is 3.03. The van der Waals surface area contributed by atoms with Crippen LogP contribution in [0.1, 0.15) is 83.1 Å². The van der Waals surface area contributed by atoms with E-state index in [1.165, 1.54) is 44.1 Å². The van der Waals surface area contributed by atoms with Crippen LogP contribution in [0.3, 0.4) is 0 Å². The van der Waals surface area contributed by atoms with E-state index < -0.39 is 6.10 Å². The minimum atomic E-state index is -0.485. The fourth-order valence-corrected chi connectivity index (χ4v) is 3.03. The summed E-state index contributed by atoms with van der Waals surface area (Å²) in [5.74, 6) is 6.75. The second-order valence-corrected chi connectivity index (χ2v) is 7.51. The molecule has 0 heterocycles. The van der Waals surface area contributed by atoms with E-state index in [0.29, 0.717) is 6.61 Å². The number of hydrogen-bond donors (Lipinski definition) is 1. The van der Waals surface area contributed by atoms with E-state index in [0.717, 1.165) is 44.5 Å². The molecule has 1 aromatic rings. The molecule has 0 spiro atoms. The van der Waals surface area contributed by atoms with Gasteiger partial charge < -0.3 is 14.6 Å². The monoisotopic (exact) mass is 400 g/mol. The van der Waals surface area contributed by atoms with Gasteiger partial charge >= 0.3 is 0 Å². The predicted octanol–water partition coefficient (Wildman–Crippen LogP) is 6.44. The third kappa shape index (κ3) is 14.8. The standard InChI is InChI=1S/C26H40O3/c1-3-4-5-6-7-10-13-16-25(27)17-14-11-8-9-12-15-22-29-23-24-18-20-26(28-2)21-19-24/h7,10,18-21,25,27H,3-6,8-9,11-12,14-15,17,22-23H2,1-2H3/b10-7+/t25-/m1/s1. The minimum Gasteiger partial charge on any atom is -0.497 e. The molecular formula is C26H40O3. The Balaban J connectivity index is 1.90. The third-order valence-corrected chi connectivity index (χ3v) is 4.87. The highest BCUT2D eigenvalue weighted by atomic mass is 16.5. The number of ether oxygens (including phenoxy) is 2. The molecule has 1 aromatic carbocycles. The molecule has 0 aromatic heterocycles. The summed E-state index contributed by atoms with van der Waals surface area (Å²) in [7, 11) is 1.68. The van der Waals surface area contributed by atoms with E-state index in [1.54, 1.807) is 7.11 Å². The highest BCUT2D eigenvalue weighted by Crippen LogP contribution is 2.13. The van der Waals surface area contributed by atoms with Crippen molar-refractivity contribution in [1.29, 1.82) is 0 Å². The number of rotatable bonds is 16. The number of unbranched alkanes of at least 4 members (excludes halogenated alkanes) is 8. The van der Waals surface area contributed by atoms with Crippen LogP contribution in [0.4, 0.5) is 0 Å². The smallest absolute Gasteiger partial charge is 0.118 e. The molecule has 3 nitrogen and oxygen atoms in total. The van der Waals surface area contributed by atoms with Gasteiger partial charge in [-0.05, 0) is 55.9 Å². The van der Waals surface area contributed by atoms with Gasteiger partial charge in [0.05, 0.1) is 13.7 Å². The molecule has 162 valence electrons. The largest absolute Gasteiger partial charge is 0.497 e. The summed E-state index contributed by atoms with van der Waals surface area (Å²) in [5, 5.41) is 9.88. The van der Waals surface area contributed by atoms with Crippen molar-refractivity contribution in [2.24, 2.45) is 0 Å². The molecule has 0 bridgehead atoms. The molecular weight excluding hydrogens is 360 g/mol. The van der Waals surface area contributed by atoms with E-state index in [-0.39, 0.29) is 0 Å². The Morgan fingerprint density at radius 2 is 1.69 bits per heavy atom. The number of allylic oxidation sites excluding steroid dienone is 2. The van der Waals surface area contributed by atoms with E-state index in [2.05, 4.69) is 24.8 Å². The van der Waals surface area contributed by atoms with Crippen molar-refractivity contribution in [2.75, 3.05) is 13.7 Å². The first-order chi connectivity index (χ1) is 14.3. The number of methoxy groups -OCH3 is 1. The van der Waals surface area contributed by atoms with Crippen LogP contribution in [0, 0.1) is 11.8 Å². The van der Waals surface area contributed by atoms with E-state index in [4.69, 9.17) is 9.47 Å². The summed E-state index contributed by atoms with van der Waals surface area (Å²) >= 11 is 0. The highest BCUT2D eigenvalue weighted by Gasteiger charge is 1.99. The zero-order chi connectivity index (χ0) is 21.0. The third-order valence-electron chi connectivity index (χ3n) is 4.87. The number of aliphatic hydroxyl groups is 1. The topological polar surface area (TPSA) is 38.7 Å². The molecule has 0 radical (unpaired) electrons. The Labute approximate surface area is 178 Å². The average Bonchev–Trinajstić information content (AvgIpc) is 2.74. The van der Waals surface area contributed by atoms with Gasteiger partial charge in [0.1, 0.15) is 11.9 Å². The molecule has 0 amide bonds. The van der Waals surface area contributed by atoms with Gasteiger partial charge in [-0.2, -0.15) is 0 Å². The first kappa shape index (κ1) is 25.3. The van der Waals surface area contributed by atoms with Crippen LogP contribution >= 0.6 is 0 Å². The Morgan fingerprint density at radius 3 is 2.41 bits per heavy atom. The molecule has 0 unspecified atom stereocenters. The van der Waals surface area contributed by atoms with Gasteiger partial charge in [0.25, 0.3) is 0 Å². The highest BCUT2D eigenvalue weighted by molar-refractivity contribution is 5.26. The van der Waals surface area contributed by atoms with Crippen molar-refractivity contribution in [2.45, 2.75) is 90.3 Å². The average molecular weight is 401 g/mol. The zero-order valence-electron chi connectivity index (χ0n) is 18.5. The summed E-state index contributed by atoms with van der Waals surface area (Å²) in [6.45, 7) is 3.68. The SMILES string of the molecule is CCCCC/C=C/C#C[C@@H](O)CCCCCCCCOCc1ccc(OC)cc1. The minimum absolute atomic E-state index is 0.485. The molecule has 0 aliphatic heterocycles. The fraction of sp³-hybridized carbons (Fsp3) is 0.615. The van der Waals surface area contributed by atoms with E-state index in [1.807, 2.05) is 30.3 Å². The van der Waals surface area contributed by atoms with Crippen LogP contribution in [-0.4, -0.2) is 24.9 Å². The molecule has 0 fully saturated rings. The first-order valence-corrected chi connectivity index (χ1v) is 11.3. The predicted molar refractivity (Wildman–Crippen MR) is 122 cm³/mol. The maximum absolute atomic E-state index is 9.88. The molecule has 1 atom stereocenters. The van der Waals surface area contributed by atoms with Gasteiger partial charge in [0.2, 0.25) is 0 Å². The van der Waals surface area contributed by atoms with Crippen LogP contribution in [0.5, 0.6) is 5.75 Å². The van der Waals surface area contributed by atoms with Crippen LogP contribution in [0.2, 0.25) is 0 Å². The maximum atomic E-state index is 9.88. The van der Waals surface area contributed by atoms with Crippen molar-refractivity contribution in [3.05, 3.63) is 42.0 Å². The normalized spacial score (nSPS) is 12.0. The Bertz CT molecular complexity index is 580. The van der Waals surface area contributed by atoms with Gasteiger partial charge in [0, 0.05) is 6.61 Å². The van der Waals surface area contributed by atoms with Gasteiger partial charge in [-0.15, -0.1) is 0 Å². The summed E-state index contributed by atoms with van der Waals surface area (Å²) < 4.78 is 10.9. The Hall–Kier alpha value is -1.76. The molecule has 0 aliphatic rings. The summed E-state index contributed by atoms with van der Waals surface area (Å²) in [5.41, 5.74) is 1.18. The van der Waals surface area contributed by atoms with Crippen molar-refractivity contribution >= 4 is 0 Å². The number of benzene rings is 1. The maximum Gasteiger partial charge on any atom is 0.118 e. The van der Waals surface area contributed by atoms with Gasteiger partial charge in [0.15, 0.2) is 0 Å². The van der Waals surface area contributed by atoms with Crippen LogP contribution in [-0.2, 0) is 11.3 Å². The molecule has 1 rings (SSSR count). The summed E-state index contributed by atoms with van der Waals surface area (Å²) in [4.78, 5) is 0. The van der Waals surface area contributed by atoms with Crippen LogP contribution in [0.25, 0.3) is 0 Å². The lowest BCUT2D eigenvalue weighted by Gasteiger charge is -2.06. The van der Waals surface area contributed by atoms with Gasteiger partial charge in [-0.25, -0.2) is 0 Å². The van der Waals surface area contributed by atoms with Crippen LogP contribution in [0.15, 0.2) is 36.4 Å². The lowest BCUT2D eigenvalue weighted by Crippen LogP contribution is -2.02. The van der Waals surface area contributed by atoms with Gasteiger partial charge in [-0.3, -0.25) is 0 Å². The first-order valence-electron chi connectivity index (χ1n) is 11.3. The van der Waals surface area contributed by atoms with E-state index >= 15 is 0 Å². The van der Waals surface area contributed by atoms with Crippen molar-refractivity contribution in [1.82, 2.24) is 0 Å². The number of aliphatic hydroxyl groups excluding tert-OH is 1. The summed E-state index contributed by atoms with van der Waals surface area (Å²) in [6.07, 6.45) is 16.1. The Morgan fingerprint density at radius 1 is 0.966 bits per heavy atom. The van der Waals surface area contributed by atoms with Crippen LogP contribution < -0.4 is 4.74 Å². The molecule has 1 N–H and O–H groups in total. The van der Waals surface area contributed by atoms with Crippen molar-refractivity contribution < 1.29 is 14.6 Å². The molecule has 29 heavy (non-hydrogen) atoms. The van der Waals surface area contributed by atoms with Crippen molar-refractivity contribution in [3.63, 3.8) is 0 Å². The Kier molecular flexibility index (Phi) is 15.9. The second-order valence-electron chi connectivity index (χ2n) is 7.51. The molecule has 3 heteroatoms. The lowest BCUT2D eigenvalue weighted by molar-refractivity contribution is 0.116. The molecule has 0 saturated carbocycles. The number of hydrogen-bond acceptors (Lipinski definition) is 3. The van der Waals surface area contributed by atoms with Crippen molar-refractivity contribution in [3.8, 4) is 17.6 Å². The molecule has 0 saturated heterocycles. The van der Waals surface area contributed by atoms with E-state index in [9.17, 15) is 5.11 Å². The quantitative estimate of drug-likeness (QED) is 0.256. The molecule has 0 aliphatic carbocycles. The second kappa shape index (κ2) is 18.3. The zero-order valence-corrected chi connectivity index (χ0v) is 18.5. The van der Waals surface area contributed by atoms with Gasteiger partial charge in [-0.1, -0.05) is 75.5 Å².